The van der Waals surface area contributed by atoms with Crippen molar-refractivity contribution in [1.82, 2.24) is 0 Å². The maximum atomic E-state index is 11.9. The number of hydrogen-bond acceptors (Lipinski definition) is 3. The molecule has 4 aliphatic carbocycles. The Hall–Kier alpha value is 0.320. The van der Waals surface area contributed by atoms with E-state index in [-0.39, 0.29) is 17.6 Å². The summed E-state index contributed by atoms with van der Waals surface area (Å²) in [6.45, 7) is 7.21. The number of aliphatic hydroxyl groups excluding tert-OH is 2. The van der Waals surface area contributed by atoms with Gasteiger partial charge in [0.05, 0.1) is 16.6 Å². The van der Waals surface area contributed by atoms with Gasteiger partial charge in [-0.1, -0.05) is 43.4 Å². The predicted molar refractivity (Wildman–Crippen MR) is 125 cm³/mol. The van der Waals surface area contributed by atoms with Crippen LogP contribution in [0.1, 0.15) is 85.0 Å². The molecule has 0 aliphatic heterocycles. The Balaban J connectivity index is 1.53. The number of carbonyl (C=O) groups is 1. The number of fused-ring (bicyclic) bond motifs is 5. The summed E-state index contributed by atoms with van der Waals surface area (Å²) in [5.41, 5.74) is 0.326. The molecule has 0 radical (unpaired) electrons. The molecule has 4 rings (SSSR count). The molecule has 4 aliphatic rings. The lowest BCUT2D eigenvalue weighted by Crippen LogP contribution is -2.58. The highest BCUT2D eigenvalue weighted by atomic mass is 127. The lowest BCUT2D eigenvalue weighted by Gasteiger charge is -2.62. The van der Waals surface area contributed by atoms with Crippen molar-refractivity contribution < 1.29 is 15.0 Å². The highest BCUT2D eigenvalue weighted by Crippen LogP contribution is 2.68. The van der Waals surface area contributed by atoms with E-state index in [9.17, 15) is 15.0 Å². The Kier molecular flexibility index (Phi) is 6.48. The van der Waals surface area contributed by atoms with Gasteiger partial charge in [-0.2, -0.15) is 0 Å². The van der Waals surface area contributed by atoms with E-state index in [4.69, 9.17) is 0 Å². The van der Waals surface area contributed by atoms with Gasteiger partial charge in [-0.25, -0.2) is 0 Å². The zero-order valence-electron chi connectivity index (χ0n) is 18.6. The quantitative estimate of drug-likeness (QED) is 0.380. The van der Waals surface area contributed by atoms with Gasteiger partial charge in [0.1, 0.15) is 5.78 Å². The standard InChI is InChI=1S/C25H41IO3/c1-15(4-6-18(28)14-26)20-8-9-21-19-7-5-16-12-17(27)10-11-24(16,2)22(19)13-23(29)25(20,21)3/h15-17,19-23,27,29H,4-14H2,1-3H3/t15-,16?,17-,19?,20-,21?,22?,23+,24+,25-/m1/s1. The molecular weight excluding hydrogens is 475 g/mol. The number of rotatable bonds is 5. The Morgan fingerprint density at radius 3 is 2.55 bits per heavy atom. The number of carbonyl (C=O) groups excluding carboxylic acids is 1. The molecule has 0 saturated heterocycles. The van der Waals surface area contributed by atoms with Crippen LogP contribution < -0.4 is 0 Å². The van der Waals surface area contributed by atoms with Gasteiger partial charge in [0.25, 0.3) is 0 Å². The molecule has 166 valence electrons. The molecule has 0 aromatic heterocycles. The number of halogens is 1. The first-order chi connectivity index (χ1) is 13.7. The Labute approximate surface area is 190 Å². The summed E-state index contributed by atoms with van der Waals surface area (Å²) in [6, 6.07) is 0. The summed E-state index contributed by atoms with van der Waals surface area (Å²) in [4.78, 5) is 11.9. The van der Waals surface area contributed by atoms with E-state index in [1.807, 2.05) is 0 Å². The normalized spacial score (nSPS) is 50.3. The number of ketones is 1. The maximum Gasteiger partial charge on any atom is 0.142 e. The van der Waals surface area contributed by atoms with Crippen LogP contribution in [0.5, 0.6) is 0 Å². The second-order valence-corrected chi connectivity index (χ2v) is 12.3. The van der Waals surface area contributed by atoms with Crippen molar-refractivity contribution in [3.63, 3.8) is 0 Å². The van der Waals surface area contributed by atoms with Crippen molar-refractivity contribution in [3.8, 4) is 0 Å². The molecule has 4 fully saturated rings. The minimum absolute atomic E-state index is 0.0192. The topological polar surface area (TPSA) is 57.5 Å². The second-order valence-electron chi connectivity index (χ2n) is 11.6. The van der Waals surface area contributed by atoms with Crippen LogP contribution in [-0.2, 0) is 4.79 Å². The molecule has 0 amide bonds. The molecule has 0 heterocycles. The molecule has 3 nitrogen and oxygen atoms in total. The number of hydrogen-bond donors (Lipinski definition) is 2. The number of Topliss-reactive ketones (excluding diaryl/α,β-unsaturated/α-hetero) is 1. The van der Waals surface area contributed by atoms with Gasteiger partial charge in [0.15, 0.2) is 0 Å². The molecule has 4 saturated carbocycles. The van der Waals surface area contributed by atoms with Crippen LogP contribution in [-0.4, -0.2) is 32.6 Å². The van der Waals surface area contributed by atoms with Crippen LogP contribution in [0.15, 0.2) is 0 Å². The lowest BCUT2D eigenvalue weighted by atomic mass is 9.43. The molecule has 4 heteroatoms. The monoisotopic (exact) mass is 516 g/mol. The minimum Gasteiger partial charge on any atom is -0.393 e. The number of alkyl halides is 1. The van der Waals surface area contributed by atoms with Gasteiger partial charge in [-0.05, 0) is 104 Å². The first-order valence-corrected chi connectivity index (χ1v) is 13.7. The van der Waals surface area contributed by atoms with Crippen LogP contribution in [0.25, 0.3) is 0 Å². The summed E-state index contributed by atoms with van der Waals surface area (Å²) in [7, 11) is 0. The largest absolute Gasteiger partial charge is 0.393 e. The summed E-state index contributed by atoms with van der Waals surface area (Å²) in [6.07, 6.45) is 10.4. The average Bonchev–Trinajstić information content (AvgIpc) is 3.06. The SMILES string of the molecule is C[C@H](CCC(=O)CI)[C@H]1CCC2C3CCC4C[C@H](O)CC[C@]4(C)C3C[C@H](O)[C@@]21C. The first kappa shape index (κ1) is 22.5. The summed E-state index contributed by atoms with van der Waals surface area (Å²) >= 11 is 2.18. The third-order valence-electron chi connectivity index (χ3n) is 10.5. The summed E-state index contributed by atoms with van der Waals surface area (Å²) < 4.78 is 0.621. The molecular formula is C25H41IO3. The minimum atomic E-state index is -0.216. The van der Waals surface area contributed by atoms with Gasteiger partial charge in [-0.15, -0.1) is 0 Å². The highest BCUT2D eigenvalue weighted by Gasteiger charge is 2.63. The second kappa shape index (κ2) is 8.35. The van der Waals surface area contributed by atoms with Crippen molar-refractivity contribution in [1.29, 1.82) is 0 Å². The Morgan fingerprint density at radius 1 is 1.07 bits per heavy atom. The zero-order valence-corrected chi connectivity index (χ0v) is 20.7. The van der Waals surface area contributed by atoms with Crippen molar-refractivity contribution >= 4 is 28.4 Å². The van der Waals surface area contributed by atoms with E-state index in [1.54, 1.807) is 0 Å². The molecule has 2 N–H and O–H groups in total. The van der Waals surface area contributed by atoms with Gasteiger partial charge < -0.3 is 10.2 Å². The fourth-order valence-electron chi connectivity index (χ4n) is 8.82. The Morgan fingerprint density at radius 2 is 1.83 bits per heavy atom. The fraction of sp³-hybridized carbons (Fsp3) is 0.960. The van der Waals surface area contributed by atoms with Crippen LogP contribution in [0.4, 0.5) is 0 Å². The van der Waals surface area contributed by atoms with Crippen LogP contribution in [0.3, 0.4) is 0 Å². The van der Waals surface area contributed by atoms with E-state index >= 15 is 0 Å². The molecule has 10 atom stereocenters. The van der Waals surface area contributed by atoms with Crippen LogP contribution >= 0.6 is 22.6 Å². The lowest BCUT2D eigenvalue weighted by molar-refractivity contribution is -0.174. The first-order valence-electron chi connectivity index (χ1n) is 12.2. The van der Waals surface area contributed by atoms with Gasteiger partial charge in [0, 0.05) is 6.42 Å². The smallest absolute Gasteiger partial charge is 0.142 e. The third kappa shape index (κ3) is 3.65. The molecule has 0 aromatic carbocycles. The number of aliphatic hydroxyl groups is 2. The molecule has 0 aromatic rings. The van der Waals surface area contributed by atoms with Gasteiger partial charge in [0.2, 0.25) is 0 Å². The van der Waals surface area contributed by atoms with Crippen molar-refractivity contribution in [2.45, 2.75) is 97.2 Å². The van der Waals surface area contributed by atoms with Crippen molar-refractivity contribution in [3.05, 3.63) is 0 Å². The highest BCUT2D eigenvalue weighted by molar-refractivity contribution is 14.1. The van der Waals surface area contributed by atoms with Crippen LogP contribution in [0, 0.1) is 46.3 Å². The average molecular weight is 517 g/mol. The van der Waals surface area contributed by atoms with E-state index in [0.717, 1.165) is 38.0 Å². The third-order valence-corrected chi connectivity index (χ3v) is 11.4. The molecule has 4 unspecified atom stereocenters. The van der Waals surface area contributed by atoms with Crippen molar-refractivity contribution in [2.24, 2.45) is 46.3 Å². The van der Waals surface area contributed by atoms with E-state index in [2.05, 4.69) is 43.4 Å². The van der Waals surface area contributed by atoms with Crippen LogP contribution in [0.2, 0.25) is 0 Å². The molecule has 0 bridgehead atoms. The maximum absolute atomic E-state index is 11.9. The van der Waals surface area contributed by atoms with Gasteiger partial charge in [-0.3, -0.25) is 4.79 Å². The fourth-order valence-corrected chi connectivity index (χ4v) is 9.20. The van der Waals surface area contributed by atoms with Gasteiger partial charge >= 0.3 is 0 Å². The van der Waals surface area contributed by atoms with E-state index in [0.29, 0.717) is 51.6 Å². The molecule has 0 spiro atoms. The van der Waals surface area contributed by atoms with E-state index in [1.165, 1.54) is 25.7 Å². The Bertz CT molecular complexity index is 623. The summed E-state index contributed by atoms with van der Waals surface area (Å²) in [5.74, 6) is 4.06. The molecule has 29 heavy (non-hydrogen) atoms. The zero-order chi connectivity index (χ0) is 21.0. The summed E-state index contributed by atoms with van der Waals surface area (Å²) in [5, 5.41) is 21.8. The predicted octanol–water partition coefficient (Wildman–Crippen LogP) is 5.40. The van der Waals surface area contributed by atoms with E-state index < -0.39 is 0 Å². The van der Waals surface area contributed by atoms with Crippen molar-refractivity contribution in [2.75, 3.05) is 4.43 Å².